The molecule has 6 rings (SSSR count). The molecule has 0 amide bonds. The third-order valence-electron chi connectivity index (χ3n) is 6.42. The van der Waals surface area contributed by atoms with Gasteiger partial charge in [-0.1, -0.05) is 121 Å². The highest BCUT2D eigenvalue weighted by atomic mass is 15.0. The lowest BCUT2D eigenvalue weighted by Crippen LogP contribution is -1.99. The summed E-state index contributed by atoms with van der Waals surface area (Å²) in [4.78, 5) is 14.2. The molecule has 0 unspecified atom stereocenters. The highest BCUT2D eigenvalue weighted by Gasteiger charge is 2.11. The van der Waals surface area contributed by atoms with Crippen LogP contribution in [-0.4, -0.2) is 15.0 Å². The van der Waals surface area contributed by atoms with Crippen LogP contribution in [0.15, 0.2) is 133 Å². The third-order valence-corrected chi connectivity index (χ3v) is 6.42. The van der Waals surface area contributed by atoms with Crippen molar-refractivity contribution in [2.24, 2.45) is 0 Å². The lowest BCUT2D eigenvalue weighted by molar-refractivity contribution is 0.992. The van der Waals surface area contributed by atoms with Gasteiger partial charge in [0, 0.05) is 11.1 Å². The molecule has 1 aromatic heterocycles. The van der Waals surface area contributed by atoms with Crippen LogP contribution in [0, 0.1) is 6.92 Å². The van der Waals surface area contributed by atoms with Crippen molar-refractivity contribution in [2.45, 2.75) is 6.92 Å². The minimum Gasteiger partial charge on any atom is -0.213 e. The van der Waals surface area contributed by atoms with E-state index < -0.39 is 0 Å². The molecule has 176 valence electrons. The van der Waals surface area contributed by atoms with E-state index in [1.54, 1.807) is 0 Å². The number of rotatable bonds is 5. The number of hydrogen-bond donors (Lipinski definition) is 0. The topological polar surface area (TPSA) is 38.7 Å². The number of benzene rings is 5. The normalized spacial score (nSPS) is 10.8. The standard InChI is InChI=1S/C34H25N3/c1-24-35-33(28-20-18-27(19-21-28)25-10-4-2-5-11-25)37-34(36-24)32-17-9-16-31(23-32)30-15-8-14-29(22-30)26-12-6-3-7-13-26/h2-23H,1H3. The van der Waals surface area contributed by atoms with E-state index in [0.29, 0.717) is 17.5 Å². The molecule has 0 fully saturated rings. The zero-order chi connectivity index (χ0) is 25.0. The SMILES string of the molecule is Cc1nc(-c2ccc(-c3ccccc3)cc2)nc(-c2cccc(-c3cccc(-c4ccccc4)c3)c2)n1. The Bertz CT molecular complexity index is 1660. The summed E-state index contributed by atoms with van der Waals surface area (Å²) in [6.07, 6.45) is 0. The maximum Gasteiger partial charge on any atom is 0.163 e. The van der Waals surface area contributed by atoms with Gasteiger partial charge in [-0.15, -0.1) is 0 Å². The predicted octanol–water partition coefficient (Wildman–Crippen LogP) is 8.52. The lowest BCUT2D eigenvalue weighted by atomic mass is 9.98. The Morgan fingerprint density at radius 3 is 1.30 bits per heavy atom. The van der Waals surface area contributed by atoms with Crippen molar-refractivity contribution in [2.75, 3.05) is 0 Å². The summed E-state index contributed by atoms with van der Waals surface area (Å²) in [5.74, 6) is 2.05. The Morgan fingerprint density at radius 1 is 0.324 bits per heavy atom. The van der Waals surface area contributed by atoms with Crippen LogP contribution in [0.25, 0.3) is 56.2 Å². The van der Waals surface area contributed by atoms with E-state index in [9.17, 15) is 0 Å². The van der Waals surface area contributed by atoms with Crippen LogP contribution in [0.1, 0.15) is 5.82 Å². The van der Waals surface area contributed by atoms with Crippen molar-refractivity contribution in [3.63, 3.8) is 0 Å². The van der Waals surface area contributed by atoms with Gasteiger partial charge in [-0.3, -0.25) is 0 Å². The van der Waals surface area contributed by atoms with Crippen LogP contribution in [0.2, 0.25) is 0 Å². The van der Waals surface area contributed by atoms with Gasteiger partial charge in [-0.25, -0.2) is 15.0 Å². The van der Waals surface area contributed by atoms with Crippen LogP contribution in [0.5, 0.6) is 0 Å². The zero-order valence-electron chi connectivity index (χ0n) is 20.5. The van der Waals surface area contributed by atoms with E-state index >= 15 is 0 Å². The first-order chi connectivity index (χ1) is 18.2. The molecule has 0 spiro atoms. The molecule has 0 aliphatic carbocycles. The molecule has 6 aromatic rings. The summed E-state index contributed by atoms with van der Waals surface area (Å²) in [6.45, 7) is 1.92. The van der Waals surface area contributed by atoms with Crippen molar-refractivity contribution in [3.05, 3.63) is 139 Å². The summed E-state index contributed by atoms with van der Waals surface area (Å²) >= 11 is 0. The van der Waals surface area contributed by atoms with Crippen LogP contribution < -0.4 is 0 Å². The van der Waals surface area contributed by atoms with E-state index in [-0.39, 0.29) is 0 Å². The molecule has 37 heavy (non-hydrogen) atoms. The van der Waals surface area contributed by atoms with Gasteiger partial charge in [-0.2, -0.15) is 0 Å². The van der Waals surface area contributed by atoms with Gasteiger partial charge in [0.2, 0.25) is 0 Å². The number of hydrogen-bond acceptors (Lipinski definition) is 3. The van der Waals surface area contributed by atoms with Gasteiger partial charge in [0.25, 0.3) is 0 Å². The minimum atomic E-state index is 0.677. The van der Waals surface area contributed by atoms with Gasteiger partial charge in [-0.05, 0) is 52.4 Å². The summed E-state index contributed by atoms with van der Waals surface area (Å²) in [5, 5.41) is 0. The molecule has 0 aliphatic rings. The molecular weight excluding hydrogens is 450 g/mol. The predicted molar refractivity (Wildman–Crippen MR) is 152 cm³/mol. The average molecular weight is 476 g/mol. The molecule has 0 saturated heterocycles. The van der Waals surface area contributed by atoms with Crippen molar-refractivity contribution >= 4 is 0 Å². The first kappa shape index (κ1) is 22.6. The summed E-state index contributed by atoms with van der Waals surface area (Å²) in [5.41, 5.74) is 8.98. The average Bonchev–Trinajstić information content (AvgIpc) is 2.98. The maximum atomic E-state index is 4.85. The fourth-order valence-corrected chi connectivity index (χ4v) is 4.53. The Hall–Kier alpha value is -4.89. The Morgan fingerprint density at radius 2 is 0.703 bits per heavy atom. The fourth-order valence-electron chi connectivity index (χ4n) is 4.53. The quantitative estimate of drug-likeness (QED) is 0.251. The largest absolute Gasteiger partial charge is 0.213 e. The smallest absolute Gasteiger partial charge is 0.163 e. The number of aromatic nitrogens is 3. The van der Waals surface area contributed by atoms with Gasteiger partial charge in [0.1, 0.15) is 5.82 Å². The monoisotopic (exact) mass is 475 g/mol. The molecule has 5 aromatic carbocycles. The lowest BCUT2D eigenvalue weighted by Gasteiger charge is -2.09. The molecule has 1 heterocycles. The Balaban J connectivity index is 1.33. The molecule has 0 N–H and O–H groups in total. The second kappa shape index (κ2) is 10.00. The van der Waals surface area contributed by atoms with E-state index in [1.807, 2.05) is 19.1 Å². The van der Waals surface area contributed by atoms with E-state index in [0.717, 1.165) is 22.3 Å². The Labute approximate surface area is 217 Å². The number of aryl methyl sites for hydroxylation is 1. The van der Waals surface area contributed by atoms with Crippen molar-refractivity contribution < 1.29 is 0 Å². The van der Waals surface area contributed by atoms with E-state index in [2.05, 4.69) is 131 Å². The number of nitrogens with zero attached hydrogens (tertiary/aromatic N) is 3. The third kappa shape index (κ3) is 4.93. The van der Waals surface area contributed by atoms with Crippen LogP contribution in [0.3, 0.4) is 0 Å². The highest BCUT2D eigenvalue weighted by molar-refractivity contribution is 5.76. The summed E-state index contributed by atoms with van der Waals surface area (Å²) < 4.78 is 0. The highest BCUT2D eigenvalue weighted by Crippen LogP contribution is 2.30. The zero-order valence-corrected chi connectivity index (χ0v) is 20.5. The second-order valence-electron chi connectivity index (χ2n) is 9.00. The van der Waals surface area contributed by atoms with E-state index in [1.165, 1.54) is 22.3 Å². The maximum absolute atomic E-state index is 4.85. The summed E-state index contributed by atoms with van der Waals surface area (Å²) in [7, 11) is 0. The first-order valence-corrected chi connectivity index (χ1v) is 12.4. The van der Waals surface area contributed by atoms with Gasteiger partial charge in [0.15, 0.2) is 11.6 Å². The minimum absolute atomic E-state index is 0.677. The van der Waals surface area contributed by atoms with Gasteiger partial charge in [0.05, 0.1) is 0 Å². The Kier molecular flexibility index (Phi) is 6.10. The molecule has 3 nitrogen and oxygen atoms in total. The fraction of sp³-hybridized carbons (Fsp3) is 0.0294. The van der Waals surface area contributed by atoms with Gasteiger partial charge < -0.3 is 0 Å². The molecule has 0 bridgehead atoms. The van der Waals surface area contributed by atoms with Crippen molar-refractivity contribution in [3.8, 4) is 56.2 Å². The van der Waals surface area contributed by atoms with Crippen molar-refractivity contribution in [1.29, 1.82) is 0 Å². The molecule has 0 saturated carbocycles. The van der Waals surface area contributed by atoms with Crippen molar-refractivity contribution in [1.82, 2.24) is 15.0 Å². The molecule has 0 atom stereocenters. The molecule has 0 radical (unpaired) electrons. The van der Waals surface area contributed by atoms with Crippen LogP contribution >= 0.6 is 0 Å². The van der Waals surface area contributed by atoms with Crippen LogP contribution in [0.4, 0.5) is 0 Å². The second-order valence-corrected chi connectivity index (χ2v) is 9.00. The molecular formula is C34H25N3. The van der Waals surface area contributed by atoms with E-state index in [4.69, 9.17) is 4.98 Å². The van der Waals surface area contributed by atoms with Gasteiger partial charge >= 0.3 is 0 Å². The molecule has 0 aliphatic heterocycles. The summed E-state index contributed by atoms with van der Waals surface area (Å²) in [6, 6.07) is 46.2. The van der Waals surface area contributed by atoms with Crippen LogP contribution in [-0.2, 0) is 0 Å². The molecule has 3 heteroatoms. The first-order valence-electron chi connectivity index (χ1n) is 12.4.